The average molecular weight is 367 g/mol. The summed E-state index contributed by atoms with van der Waals surface area (Å²) in [5, 5.41) is 8.80. The molecule has 0 aromatic heterocycles. The first-order chi connectivity index (χ1) is 8.51. The van der Waals surface area contributed by atoms with Crippen molar-refractivity contribution in [3.05, 3.63) is 26.8 Å². The molecule has 0 heterocycles. The summed E-state index contributed by atoms with van der Waals surface area (Å²) in [6, 6.07) is 4.41. The number of nitriles is 1. The van der Waals surface area contributed by atoms with Crippen molar-refractivity contribution in [3.63, 3.8) is 0 Å². The molecule has 0 bridgehead atoms. The Morgan fingerprint density at radius 1 is 1.56 bits per heavy atom. The molecule has 1 aromatic rings. The Morgan fingerprint density at radius 2 is 2.22 bits per heavy atom. The van der Waals surface area contributed by atoms with Crippen LogP contribution in [0.4, 0.5) is 8.78 Å². The third-order valence-corrected chi connectivity index (χ3v) is 2.99. The van der Waals surface area contributed by atoms with Crippen LogP contribution in [0, 0.1) is 14.9 Å². The molecule has 96 valence electrons. The van der Waals surface area contributed by atoms with Gasteiger partial charge < -0.3 is 9.47 Å². The van der Waals surface area contributed by atoms with Gasteiger partial charge in [-0.1, -0.05) is 0 Å². The number of hydrogen-bond donors (Lipinski definition) is 0. The van der Waals surface area contributed by atoms with Crippen LogP contribution in [-0.4, -0.2) is 19.2 Å². The molecule has 4 nitrogen and oxygen atoms in total. The highest BCUT2D eigenvalue weighted by Crippen LogP contribution is 2.30. The van der Waals surface area contributed by atoms with Gasteiger partial charge in [-0.25, -0.2) is 4.79 Å². The molecular weight excluding hydrogens is 359 g/mol. The third-order valence-electron chi connectivity index (χ3n) is 1.92. The number of nitrogens with zero attached hydrogens (tertiary/aromatic N) is 1. The first-order valence-electron chi connectivity index (χ1n) is 4.85. The molecule has 0 aliphatic rings. The SMILES string of the molecule is CCOC(=O)c1ccc(C#N)c(I)c1OC(F)F. The van der Waals surface area contributed by atoms with Crippen LogP contribution in [0.15, 0.2) is 12.1 Å². The smallest absolute Gasteiger partial charge is 0.387 e. The van der Waals surface area contributed by atoms with E-state index in [4.69, 9.17) is 10.00 Å². The first-order valence-corrected chi connectivity index (χ1v) is 5.93. The van der Waals surface area contributed by atoms with Crippen molar-refractivity contribution in [3.8, 4) is 11.8 Å². The van der Waals surface area contributed by atoms with Crippen molar-refractivity contribution in [2.45, 2.75) is 13.5 Å². The summed E-state index contributed by atoms with van der Waals surface area (Å²) in [7, 11) is 0. The van der Waals surface area contributed by atoms with Crippen LogP contribution in [-0.2, 0) is 4.74 Å². The van der Waals surface area contributed by atoms with E-state index < -0.39 is 12.6 Å². The van der Waals surface area contributed by atoms with E-state index in [1.54, 1.807) is 29.5 Å². The van der Waals surface area contributed by atoms with Crippen molar-refractivity contribution >= 4 is 28.6 Å². The fourth-order valence-corrected chi connectivity index (χ4v) is 1.93. The molecule has 0 fully saturated rings. The van der Waals surface area contributed by atoms with Gasteiger partial charge in [0.1, 0.15) is 11.6 Å². The summed E-state index contributed by atoms with van der Waals surface area (Å²) in [6.07, 6.45) is 0. The largest absolute Gasteiger partial charge is 0.462 e. The predicted molar refractivity (Wildman–Crippen MR) is 66.5 cm³/mol. The molecule has 0 radical (unpaired) electrons. The maximum Gasteiger partial charge on any atom is 0.387 e. The van der Waals surface area contributed by atoms with Crippen molar-refractivity contribution in [1.82, 2.24) is 0 Å². The fourth-order valence-electron chi connectivity index (χ4n) is 1.22. The summed E-state index contributed by atoms with van der Waals surface area (Å²) >= 11 is 1.67. The lowest BCUT2D eigenvalue weighted by Crippen LogP contribution is -2.12. The summed E-state index contributed by atoms with van der Waals surface area (Å²) in [5.41, 5.74) is 0.0276. The Labute approximate surface area is 116 Å². The Bertz CT molecular complexity index is 500. The standard InChI is InChI=1S/C11H8F2INO3/c1-2-17-10(16)7-4-3-6(5-15)8(14)9(7)18-11(12)13/h3-4,11H,2H2,1H3. The zero-order valence-electron chi connectivity index (χ0n) is 9.25. The molecular formula is C11H8F2INO3. The van der Waals surface area contributed by atoms with Crippen molar-refractivity contribution < 1.29 is 23.0 Å². The van der Waals surface area contributed by atoms with Gasteiger partial charge in [0.05, 0.1) is 15.7 Å². The van der Waals surface area contributed by atoms with E-state index in [1.807, 2.05) is 6.07 Å². The molecule has 0 spiro atoms. The lowest BCUT2D eigenvalue weighted by Gasteiger charge is -2.12. The summed E-state index contributed by atoms with van der Waals surface area (Å²) in [6.45, 7) is -1.37. The minimum atomic E-state index is -3.08. The molecule has 0 atom stereocenters. The topological polar surface area (TPSA) is 59.3 Å². The molecule has 1 aromatic carbocycles. The Morgan fingerprint density at radius 3 is 2.72 bits per heavy atom. The number of esters is 1. The second kappa shape index (κ2) is 6.49. The molecule has 0 aliphatic carbocycles. The number of rotatable bonds is 4. The number of carbonyl (C=O) groups excluding carboxylic acids is 1. The molecule has 18 heavy (non-hydrogen) atoms. The summed E-state index contributed by atoms with van der Waals surface area (Å²) < 4.78 is 33.8. The zero-order chi connectivity index (χ0) is 13.7. The molecule has 0 saturated heterocycles. The maximum atomic E-state index is 12.3. The molecule has 0 amide bonds. The highest BCUT2D eigenvalue weighted by atomic mass is 127. The van der Waals surface area contributed by atoms with E-state index in [1.165, 1.54) is 12.1 Å². The molecule has 0 N–H and O–H groups in total. The minimum absolute atomic E-state index is 0.115. The maximum absolute atomic E-state index is 12.3. The predicted octanol–water partition coefficient (Wildman–Crippen LogP) is 2.94. The first kappa shape index (κ1) is 14.6. The van der Waals surface area contributed by atoms with Gasteiger partial charge >= 0.3 is 12.6 Å². The number of halogens is 3. The highest BCUT2D eigenvalue weighted by Gasteiger charge is 2.21. The van der Waals surface area contributed by atoms with Gasteiger partial charge in [0.2, 0.25) is 0 Å². The van der Waals surface area contributed by atoms with E-state index in [9.17, 15) is 13.6 Å². The van der Waals surface area contributed by atoms with Crippen LogP contribution >= 0.6 is 22.6 Å². The normalized spacial score (nSPS) is 10.0. The van der Waals surface area contributed by atoms with Crippen molar-refractivity contribution in [2.75, 3.05) is 6.61 Å². The van der Waals surface area contributed by atoms with Crippen molar-refractivity contribution in [2.24, 2.45) is 0 Å². The zero-order valence-corrected chi connectivity index (χ0v) is 11.4. The van der Waals surface area contributed by atoms with Crippen LogP contribution in [0.25, 0.3) is 0 Å². The third kappa shape index (κ3) is 3.29. The second-order valence-corrected chi connectivity index (χ2v) is 4.09. The van der Waals surface area contributed by atoms with Gasteiger partial charge in [0, 0.05) is 0 Å². The van der Waals surface area contributed by atoms with Crippen LogP contribution in [0.1, 0.15) is 22.8 Å². The molecule has 0 unspecified atom stereocenters. The van der Waals surface area contributed by atoms with Gasteiger partial charge in [0.25, 0.3) is 0 Å². The quantitative estimate of drug-likeness (QED) is 0.607. The molecule has 1 rings (SSSR count). The van der Waals surface area contributed by atoms with E-state index in [-0.39, 0.29) is 27.1 Å². The average Bonchev–Trinajstić information content (AvgIpc) is 2.31. The lowest BCUT2D eigenvalue weighted by atomic mass is 10.1. The summed E-state index contributed by atoms with van der Waals surface area (Å²) in [5.74, 6) is -1.10. The van der Waals surface area contributed by atoms with Crippen LogP contribution in [0.2, 0.25) is 0 Å². The number of alkyl halides is 2. The number of carbonyl (C=O) groups is 1. The van der Waals surface area contributed by atoms with E-state index >= 15 is 0 Å². The van der Waals surface area contributed by atoms with Gasteiger partial charge in [-0.15, -0.1) is 0 Å². The van der Waals surface area contributed by atoms with Crippen LogP contribution in [0.5, 0.6) is 5.75 Å². The molecule has 7 heteroatoms. The van der Waals surface area contributed by atoms with E-state index in [0.29, 0.717) is 0 Å². The number of benzene rings is 1. The lowest BCUT2D eigenvalue weighted by molar-refractivity contribution is -0.0510. The van der Waals surface area contributed by atoms with Crippen LogP contribution < -0.4 is 4.74 Å². The van der Waals surface area contributed by atoms with Gasteiger partial charge in [-0.2, -0.15) is 14.0 Å². The Hall–Kier alpha value is -1.43. The van der Waals surface area contributed by atoms with Crippen LogP contribution in [0.3, 0.4) is 0 Å². The van der Waals surface area contributed by atoms with E-state index in [0.717, 1.165) is 0 Å². The Balaban J connectivity index is 3.29. The van der Waals surface area contributed by atoms with E-state index in [2.05, 4.69) is 4.74 Å². The number of ether oxygens (including phenoxy) is 2. The summed E-state index contributed by atoms with van der Waals surface area (Å²) in [4.78, 5) is 11.6. The van der Waals surface area contributed by atoms with Gasteiger partial charge in [-0.3, -0.25) is 0 Å². The molecule has 0 saturated carbocycles. The number of hydrogen-bond acceptors (Lipinski definition) is 4. The van der Waals surface area contributed by atoms with Gasteiger partial charge in [0.15, 0.2) is 5.75 Å². The minimum Gasteiger partial charge on any atom is -0.462 e. The Kier molecular flexibility index (Phi) is 5.27. The highest BCUT2D eigenvalue weighted by molar-refractivity contribution is 14.1. The monoisotopic (exact) mass is 367 g/mol. The molecule has 0 aliphatic heterocycles. The second-order valence-electron chi connectivity index (χ2n) is 3.01. The van der Waals surface area contributed by atoms with Crippen molar-refractivity contribution in [1.29, 1.82) is 5.26 Å². The van der Waals surface area contributed by atoms with Gasteiger partial charge in [-0.05, 0) is 41.6 Å². The fraction of sp³-hybridized carbons (Fsp3) is 0.273.